The third-order valence-electron chi connectivity index (χ3n) is 3.06. The van der Waals surface area contributed by atoms with E-state index >= 15 is 0 Å². The molecule has 3 rings (SSSR count). The maximum atomic E-state index is 11.8. The second-order valence-corrected chi connectivity index (χ2v) is 6.06. The number of esters is 1. The van der Waals surface area contributed by atoms with Crippen LogP contribution < -0.4 is 0 Å². The molecule has 0 aliphatic carbocycles. The lowest BCUT2D eigenvalue weighted by Crippen LogP contribution is -2.12. The predicted octanol–water partition coefficient (Wildman–Crippen LogP) is 3.78. The molecule has 0 unspecified atom stereocenters. The summed E-state index contributed by atoms with van der Waals surface area (Å²) in [6.07, 6.45) is 0. The number of hydrogen-bond acceptors (Lipinski definition) is 4. The third-order valence-corrected chi connectivity index (χ3v) is 4.29. The minimum absolute atomic E-state index is 0.192. The second kappa shape index (κ2) is 5.07. The fourth-order valence-electron chi connectivity index (χ4n) is 2.31. The van der Waals surface area contributed by atoms with Crippen LogP contribution in [0.1, 0.15) is 11.9 Å². The highest BCUT2D eigenvalue weighted by molar-refractivity contribution is 7.18. The van der Waals surface area contributed by atoms with E-state index in [1.54, 1.807) is 18.3 Å². The quantitative estimate of drug-likeness (QED) is 0.692. The number of ether oxygens (including phenoxy) is 1. The lowest BCUT2D eigenvalue weighted by atomic mass is 10.2. The zero-order chi connectivity index (χ0) is 14.3. The van der Waals surface area contributed by atoms with Crippen LogP contribution in [0.15, 0.2) is 18.2 Å². The monoisotopic (exact) mass is 308 g/mol. The Hall–Kier alpha value is -1.59. The van der Waals surface area contributed by atoms with Gasteiger partial charge in [0, 0.05) is 10.4 Å². The molecule has 0 amide bonds. The summed E-state index contributed by atoms with van der Waals surface area (Å²) in [6.45, 7) is 4.33. The van der Waals surface area contributed by atoms with E-state index in [-0.39, 0.29) is 12.5 Å². The summed E-state index contributed by atoms with van der Waals surface area (Å²) in [4.78, 5) is 17.3. The SMILES string of the molecule is CCOC(=O)Cn1c2ccc(Cl)cc2c2nc(C)sc21. The van der Waals surface area contributed by atoms with Crippen LogP contribution in [-0.4, -0.2) is 22.1 Å². The van der Waals surface area contributed by atoms with Crippen molar-refractivity contribution in [2.45, 2.75) is 20.4 Å². The van der Waals surface area contributed by atoms with Gasteiger partial charge in [0.1, 0.15) is 16.9 Å². The predicted molar refractivity (Wildman–Crippen MR) is 81.5 cm³/mol. The first-order valence-corrected chi connectivity index (χ1v) is 7.50. The van der Waals surface area contributed by atoms with Gasteiger partial charge in [-0.3, -0.25) is 4.79 Å². The van der Waals surface area contributed by atoms with Crippen molar-refractivity contribution in [3.8, 4) is 0 Å². The third kappa shape index (κ3) is 2.17. The van der Waals surface area contributed by atoms with Gasteiger partial charge in [-0.05, 0) is 32.0 Å². The van der Waals surface area contributed by atoms with E-state index in [0.717, 1.165) is 26.3 Å². The normalized spacial score (nSPS) is 11.3. The van der Waals surface area contributed by atoms with E-state index in [0.29, 0.717) is 11.6 Å². The van der Waals surface area contributed by atoms with Gasteiger partial charge in [-0.15, -0.1) is 11.3 Å². The van der Waals surface area contributed by atoms with Gasteiger partial charge in [-0.1, -0.05) is 11.6 Å². The van der Waals surface area contributed by atoms with Crippen LogP contribution in [0.25, 0.3) is 21.3 Å². The van der Waals surface area contributed by atoms with Crippen molar-refractivity contribution in [2.24, 2.45) is 0 Å². The molecule has 0 spiro atoms. The number of hydrogen-bond donors (Lipinski definition) is 0. The molecule has 0 aliphatic heterocycles. The minimum Gasteiger partial charge on any atom is -0.465 e. The number of benzene rings is 1. The first-order valence-electron chi connectivity index (χ1n) is 6.30. The topological polar surface area (TPSA) is 44.1 Å². The summed E-state index contributed by atoms with van der Waals surface area (Å²) in [5.41, 5.74) is 1.85. The zero-order valence-electron chi connectivity index (χ0n) is 11.1. The molecule has 20 heavy (non-hydrogen) atoms. The molecule has 0 radical (unpaired) electrons. The number of thiazole rings is 1. The number of nitrogens with zero attached hydrogens (tertiary/aromatic N) is 2. The van der Waals surface area contributed by atoms with Crippen molar-refractivity contribution in [3.05, 3.63) is 28.2 Å². The van der Waals surface area contributed by atoms with Crippen LogP contribution in [0.5, 0.6) is 0 Å². The second-order valence-electron chi connectivity index (χ2n) is 4.44. The first-order chi connectivity index (χ1) is 9.60. The van der Waals surface area contributed by atoms with E-state index < -0.39 is 0 Å². The molecule has 0 bridgehead atoms. The molecule has 4 nitrogen and oxygen atoms in total. The van der Waals surface area contributed by atoms with E-state index in [1.165, 1.54) is 0 Å². The molecule has 104 valence electrons. The zero-order valence-corrected chi connectivity index (χ0v) is 12.7. The highest BCUT2D eigenvalue weighted by Crippen LogP contribution is 2.33. The minimum atomic E-state index is -0.243. The number of halogens is 1. The van der Waals surface area contributed by atoms with E-state index in [4.69, 9.17) is 16.3 Å². The summed E-state index contributed by atoms with van der Waals surface area (Å²) < 4.78 is 6.99. The molecule has 0 atom stereocenters. The number of fused-ring (bicyclic) bond motifs is 3. The largest absolute Gasteiger partial charge is 0.465 e. The summed E-state index contributed by atoms with van der Waals surface area (Å²) in [5.74, 6) is -0.243. The lowest BCUT2D eigenvalue weighted by molar-refractivity contribution is -0.143. The maximum absolute atomic E-state index is 11.8. The Labute approximate surface area is 124 Å². The van der Waals surface area contributed by atoms with E-state index in [9.17, 15) is 4.79 Å². The van der Waals surface area contributed by atoms with Gasteiger partial charge >= 0.3 is 5.97 Å². The summed E-state index contributed by atoms with van der Waals surface area (Å²) in [5, 5.41) is 2.61. The Morgan fingerprint density at radius 1 is 1.50 bits per heavy atom. The number of aryl methyl sites for hydroxylation is 1. The first kappa shape index (κ1) is 13.4. The molecule has 0 fully saturated rings. The molecule has 2 aromatic heterocycles. The number of aromatic nitrogens is 2. The van der Waals surface area contributed by atoms with Crippen LogP contribution in [0.4, 0.5) is 0 Å². The molecule has 0 saturated heterocycles. The highest BCUT2D eigenvalue weighted by atomic mass is 35.5. The molecule has 3 aromatic rings. The van der Waals surface area contributed by atoms with Gasteiger partial charge < -0.3 is 9.30 Å². The fraction of sp³-hybridized carbons (Fsp3) is 0.286. The molecule has 0 saturated carbocycles. The Morgan fingerprint density at radius 2 is 2.30 bits per heavy atom. The number of carbonyl (C=O) groups is 1. The Bertz CT molecular complexity index is 806. The van der Waals surface area contributed by atoms with Crippen LogP contribution in [0.3, 0.4) is 0 Å². The molecule has 0 aliphatic rings. The molecule has 2 heterocycles. The lowest BCUT2D eigenvalue weighted by Gasteiger charge is -2.05. The Morgan fingerprint density at radius 3 is 3.05 bits per heavy atom. The smallest absolute Gasteiger partial charge is 0.325 e. The molecule has 0 N–H and O–H groups in total. The van der Waals surface area contributed by atoms with Gasteiger partial charge in [0.15, 0.2) is 0 Å². The average molecular weight is 309 g/mol. The number of carbonyl (C=O) groups excluding carboxylic acids is 1. The van der Waals surface area contributed by atoms with Gasteiger partial charge in [0.05, 0.1) is 17.1 Å². The van der Waals surface area contributed by atoms with Crippen molar-refractivity contribution < 1.29 is 9.53 Å². The fourth-order valence-corrected chi connectivity index (χ4v) is 3.42. The van der Waals surface area contributed by atoms with Crippen molar-refractivity contribution >= 4 is 50.2 Å². The Balaban J connectivity index is 2.23. The highest BCUT2D eigenvalue weighted by Gasteiger charge is 2.17. The van der Waals surface area contributed by atoms with Crippen LogP contribution in [-0.2, 0) is 16.1 Å². The number of rotatable bonds is 3. The molecule has 1 aromatic carbocycles. The van der Waals surface area contributed by atoms with Crippen molar-refractivity contribution in [2.75, 3.05) is 6.61 Å². The molecule has 6 heteroatoms. The van der Waals surface area contributed by atoms with E-state index in [2.05, 4.69) is 4.98 Å². The van der Waals surface area contributed by atoms with E-state index in [1.807, 2.05) is 29.7 Å². The molecular formula is C14H13ClN2O2S. The van der Waals surface area contributed by atoms with Crippen LogP contribution in [0, 0.1) is 6.92 Å². The van der Waals surface area contributed by atoms with Crippen molar-refractivity contribution in [3.63, 3.8) is 0 Å². The summed E-state index contributed by atoms with van der Waals surface area (Å²) in [7, 11) is 0. The van der Waals surface area contributed by atoms with Gasteiger partial charge in [-0.25, -0.2) is 4.98 Å². The van der Waals surface area contributed by atoms with Crippen molar-refractivity contribution in [1.29, 1.82) is 0 Å². The standard InChI is InChI=1S/C14H13ClN2O2S/c1-3-19-12(18)7-17-11-5-4-9(15)6-10(11)13-14(17)20-8(2)16-13/h4-6H,3,7H2,1-2H3. The van der Waals surface area contributed by atoms with Crippen LogP contribution in [0.2, 0.25) is 5.02 Å². The van der Waals surface area contributed by atoms with Gasteiger partial charge in [-0.2, -0.15) is 0 Å². The average Bonchev–Trinajstić information content (AvgIpc) is 2.88. The van der Waals surface area contributed by atoms with Crippen molar-refractivity contribution in [1.82, 2.24) is 9.55 Å². The van der Waals surface area contributed by atoms with Gasteiger partial charge in [0.2, 0.25) is 0 Å². The Kier molecular flexibility index (Phi) is 3.40. The van der Waals surface area contributed by atoms with Gasteiger partial charge in [0.25, 0.3) is 0 Å². The van der Waals surface area contributed by atoms with Crippen LogP contribution >= 0.6 is 22.9 Å². The summed E-state index contributed by atoms with van der Waals surface area (Å²) >= 11 is 7.64. The molecular weight excluding hydrogens is 296 g/mol. The summed E-state index contributed by atoms with van der Waals surface area (Å²) in [6, 6.07) is 5.63. The maximum Gasteiger partial charge on any atom is 0.325 e.